The summed E-state index contributed by atoms with van der Waals surface area (Å²) in [5, 5.41) is 27.0. The van der Waals surface area contributed by atoms with E-state index in [0.717, 1.165) is 11.1 Å². The maximum atomic E-state index is 13.4. The van der Waals surface area contributed by atoms with Crippen molar-refractivity contribution >= 4 is 23.7 Å². The Morgan fingerprint density at radius 2 is 1.33 bits per heavy atom. The molecule has 0 aliphatic carbocycles. The molecule has 0 aliphatic heterocycles. The third-order valence-corrected chi connectivity index (χ3v) is 6.67. The van der Waals surface area contributed by atoms with E-state index in [1.807, 2.05) is 37.3 Å². The highest BCUT2D eigenvalue weighted by Crippen LogP contribution is 2.13. The van der Waals surface area contributed by atoms with Gasteiger partial charge in [-0.05, 0) is 41.5 Å². The molecule has 2 aromatic carbocycles. The number of benzene rings is 2. The molecule has 0 radical (unpaired) electrons. The molecule has 39 heavy (non-hydrogen) atoms. The summed E-state index contributed by atoms with van der Waals surface area (Å²) < 4.78 is 0. The van der Waals surface area contributed by atoms with E-state index in [1.165, 1.54) is 12.1 Å². The lowest BCUT2D eigenvalue weighted by Gasteiger charge is -2.28. The SMILES string of the molecule is CCC(C)C(NC(=O)C(NC(=O)C(Cc1ccccc1)NC(=O)C(N)Cc1ccc(O)cc1)C(C)C)C(=O)O. The van der Waals surface area contributed by atoms with Gasteiger partial charge in [0.15, 0.2) is 0 Å². The molecular formula is C29H40N4O6. The van der Waals surface area contributed by atoms with Gasteiger partial charge in [-0.3, -0.25) is 14.4 Å². The number of hydrogen-bond acceptors (Lipinski definition) is 6. The van der Waals surface area contributed by atoms with Crippen molar-refractivity contribution in [3.63, 3.8) is 0 Å². The number of nitrogens with one attached hydrogen (secondary N) is 3. The lowest BCUT2D eigenvalue weighted by atomic mass is 9.97. The molecule has 5 atom stereocenters. The molecule has 0 aromatic heterocycles. The largest absolute Gasteiger partial charge is 0.508 e. The molecule has 0 fully saturated rings. The maximum absolute atomic E-state index is 13.4. The number of rotatable bonds is 14. The number of amides is 3. The molecule has 0 saturated carbocycles. The van der Waals surface area contributed by atoms with Gasteiger partial charge in [0.25, 0.3) is 0 Å². The van der Waals surface area contributed by atoms with Crippen LogP contribution in [-0.2, 0) is 32.0 Å². The van der Waals surface area contributed by atoms with Gasteiger partial charge in [-0.2, -0.15) is 0 Å². The first-order valence-electron chi connectivity index (χ1n) is 13.1. The lowest BCUT2D eigenvalue weighted by molar-refractivity contribution is -0.144. The second-order valence-electron chi connectivity index (χ2n) is 10.2. The van der Waals surface area contributed by atoms with Crippen molar-refractivity contribution in [1.82, 2.24) is 16.0 Å². The number of carboxylic acids is 1. The standard InChI is InChI=1S/C29H40N4O6/c1-5-18(4)25(29(38)39)33-28(37)24(17(2)3)32-27(36)23(16-19-9-7-6-8-10-19)31-26(35)22(30)15-20-11-13-21(34)14-12-20/h6-14,17-18,22-25,34H,5,15-16,30H2,1-4H3,(H,31,35)(H,32,36)(H,33,37)(H,38,39). The second-order valence-corrected chi connectivity index (χ2v) is 10.2. The van der Waals surface area contributed by atoms with E-state index in [9.17, 15) is 29.4 Å². The average Bonchev–Trinajstić information content (AvgIpc) is 2.90. The molecule has 0 bridgehead atoms. The van der Waals surface area contributed by atoms with Gasteiger partial charge in [0.1, 0.15) is 23.9 Å². The Morgan fingerprint density at radius 1 is 0.769 bits per heavy atom. The summed E-state index contributed by atoms with van der Waals surface area (Å²) in [5.74, 6) is -3.47. The van der Waals surface area contributed by atoms with Crippen molar-refractivity contribution in [3.05, 3.63) is 65.7 Å². The number of carbonyl (C=O) groups excluding carboxylic acids is 3. The Labute approximate surface area is 229 Å². The molecule has 0 aliphatic rings. The van der Waals surface area contributed by atoms with Crippen molar-refractivity contribution in [2.24, 2.45) is 17.6 Å². The van der Waals surface area contributed by atoms with Crippen molar-refractivity contribution < 1.29 is 29.4 Å². The number of aliphatic carboxylic acids is 1. The number of phenolic OH excluding ortho intramolecular Hbond substituents is 1. The predicted octanol–water partition coefficient (Wildman–Crippen LogP) is 1.75. The normalized spacial score (nSPS) is 14.9. The molecule has 2 rings (SSSR count). The van der Waals surface area contributed by atoms with Crippen LogP contribution in [0.25, 0.3) is 0 Å². The van der Waals surface area contributed by atoms with Crippen molar-refractivity contribution in [3.8, 4) is 5.75 Å². The minimum atomic E-state index is -1.15. The molecule has 10 nitrogen and oxygen atoms in total. The van der Waals surface area contributed by atoms with Gasteiger partial charge in [0.2, 0.25) is 17.7 Å². The van der Waals surface area contributed by atoms with E-state index < -0.39 is 47.9 Å². The van der Waals surface area contributed by atoms with E-state index in [1.54, 1.807) is 32.9 Å². The molecule has 0 spiro atoms. The highest BCUT2D eigenvalue weighted by molar-refractivity contribution is 5.94. The van der Waals surface area contributed by atoms with Crippen molar-refractivity contribution in [1.29, 1.82) is 0 Å². The first kappa shape index (κ1) is 31.3. The quantitative estimate of drug-likeness (QED) is 0.212. The van der Waals surface area contributed by atoms with Crippen LogP contribution in [0, 0.1) is 11.8 Å². The van der Waals surface area contributed by atoms with E-state index in [2.05, 4.69) is 16.0 Å². The van der Waals surface area contributed by atoms with Gasteiger partial charge in [-0.25, -0.2) is 4.79 Å². The molecule has 2 aromatic rings. The minimum absolute atomic E-state index is 0.0962. The third kappa shape index (κ3) is 9.72. The summed E-state index contributed by atoms with van der Waals surface area (Å²) in [6.07, 6.45) is 0.891. The Morgan fingerprint density at radius 3 is 1.87 bits per heavy atom. The summed E-state index contributed by atoms with van der Waals surface area (Å²) >= 11 is 0. The van der Waals surface area contributed by atoms with Gasteiger partial charge in [-0.1, -0.05) is 76.6 Å². The summed E-state index contributed by atoms with van der Waals surface area (Å²) in [5.41, 5.74) is 7.66. The zero-order valence-corrected chi connectivity index (χ0v) is 22.9. The summed E-state index contributed by atoms with van der Waals surface area (Å²) in [7, 11) is 0. The summed E-state index contributed by atoms with van der Waals surface area (Å²) in [4.78, 5) is 51.2. The van der Waals surface area contributed by atoms with Crippen molar-refractivity contribution in [2.75, 3.05) is 0 Å². The van der Waals surface area contributed by atoms with Crippen LogP contribution in [0.2, 0.25) is 0 Å². The number of phenols is 1. The van der Waals surface area contributed by atoms with Gasteiger partial charge in [0.05, 0.1) is 6.04 Å². The third-order valence-electron chi connectivity index (χ3n) is 6.67. The minimum Gasteiger partial charge on any atom is -0.508 e. The maximum Gasteiger partial charge on any atom is 0.326 e. The summed E-state index contributed by atoms with van der Waals surface area (Å²) in [6, 6.07) is 11.3. The Hall–Kier alpha value is -3.92. The van der Waals surface area contributed by atoms with Crippen LogP contribution < -0.4 is 21.7 Å². The highest BCUT2D eigenvalue weighted by atomic mass is 16.4. The number of carboxylic acid groups (broad SMARTS) is 1. The molecule has 212 valence electrons. The summed E-state index contributed by atoms with van der Waals surface area (Å²) in [6.45, 7) is 7.04. The van der Waals surface area contributed by atoms with E-state index in [-0.39, 0.29) is 30.4 Å². The van der Waals surface area contributed by atoms with Crippen LogP contribution in [0.15, 0.2) is 54.6 Å². The molecule has 0 saturated heterocycles. The number of nitrogens with two attached hydrogens (primary N) is 1. The van der Waals surface area contributed by atoms with E-state index in [0.29, 0.717) is 6.42 Å². The van der Waals surface area contributed by atoms with Gasteiger partial charge >= 0.3 is 5.97 Å². The van der Waals surface area contributed by atoms with Crippen LogP contribution in [0.3, 0.4) is 0 Å². The fourth-order valence-electron chi connectivity index (χ4n) is 4.03. The number of hydrogen-bond donors (Lipinski definition) is 6. The Bertz CT molecular complexity index is 1110. The lowest BCUT2D eigenvalue weighted by Crippen LogP contribution is -2.59. The number of aromatic hydroxyl groups is 1. The first-order chi connectivity index (χ1) is 18.4. The van der Waals surface area contributed by atoms with E-state index >= 15 is 0 Å². The Kier molecular flexibility index (Phi) is 11.9. The molecule has 7 N–H and O–H groups in total. The Balaban J connectivity index is 2.20. The molecule has 10 heteroatoms. The van der Waals surface area contributed by atoms with Crippen LogP contribution in [-0.4, -0.2) is 58.1 Å². The fraction of sp³-hybridized carbons (Fsp3) is 0.448. The molecule has 0 heterocycles. The van der Waals surface area contributed by atoms with Gasteiger partial charge < -0.3 is 31.9 Å². The van der Waals surface area contributed by atoms with Crippen LogP contribution >= 0.6 is 0 Å². The van der Waals surface area contributed by atoms with Crippen molar-refractivity contribution in [2.45, 2.75) is 71.1 Å². The fourth-order valence-corrected chi connectivity index (χ4v) is 4.03. The van der Waals surface area contributed by atoms with Crippen LogP contribution in [0.1, 0.15) is 45.2 Å². The number of carbonyl (C=O) groups is 4. The highest BCUT2D eigenvalue weighted by Gasteiger charge is 2.33. The topological polar surface area (TPSA) is 171 Å². The smallest absolute Gasteiger partial charge is 0.326 e. The second kappa shape index (κ2) is 14.9. The zero-order valence-electron chi connectivity index (χ0n) is 22.9. The predicted molar refractivity (Wildman–Crippen MR) is 148 cm³/mol. The first-order valence-corrected chi connectivity index (χ1v) is 13.1. The molecule has 3 amide bonds. The van der Waals surface area contributed by atoms with E-state index in [4.69, 9.17) is 5.73 Å². The molecular weight excluding hydrogens is 500 g/mol. The zero-order chi connectivity index (χ0) is 29.1. The van der Waals surface area contributed by atoms with Crippen LogP contribution in [0.4, 0.5) is 0 Å². The monoisotopic (exact) mass is 540 g/mol. The van der Waals surface area contributed by atoms with Crippen LogP contribution in [0.5, 0.6) is 5.75 Å². The van der Waals surface area contributed by atoms with Gasteiger partial charge in [0, 0.05) is 6.42 Å². The average molecular weight is 541 g/mol. The van der Waals surface area contributed by atoms with Gasteiger partial charge in [-0.15, -0.1) is 0 Å². The molecule has 5 unspecified atom stereocenters.